The fourth-order valence-corrected chi connectivity index (χ4v) is 16.0. The number of carboxylic acid groups (broad SMARTS) is 1. The molecule has 1 aromatic heterocycles. The lowest BCUT2D eigenvalue weighted by Crippen LogP contribution is -2.62. The summed E-state index contributed by atoms with van der Waals surface area (Å²) in [5, 5.41) is 52.2. The SMILES string of the molecule is CC[C@H](C)[C@@H]1NC(=O)[C@H](CC(=O)O)NC(=O)[C@@H]2CCCN2C(=O)[C@H](CC(N)=O)NC(=O)[C@H](CC(N)=O)NC(=O)[C@H](C(C)C)NC(=O)[C@H](CO)NC(=O)[C@@H]2CSSC[C@H](NC(=O)CN)C(=O)N[C@@H](CSSC[C@@H](C(N)=O)NC1=O)C(=O)N[C@@H](C)C(=O)N[C@@H](Cc1cnc[nH]1)C(=O)N1CCC[C@H]1C(=O)N[C@@H](C)C(=O)N2. The largest absolute Gasteiger partial charge is 0.481 e. The third kappa shape index (κ3) is 26.7. The summed E-state index contributed by atoms with van der Waals surface area (Å²) in [6.45, 7) is 6.34. The smallest absolute Gasteiger partial charge is 0.305 e. The molecule has 4 fully saturated rings. The summed E-state index contributed by atoms with van der Waals surface area (Å²) in [4.78, 5) is 273. The highest BCUT2D eigenvalue weighted by Gasteiger charge is 2.44. The molecule has 0 aliphatic carbocycles. The van der Waals surface area contributed by atoms with Gasteiger partial charge in [-0.25, -0.2) is 4.98 Å². The second kappa shape index (κ2) is 42.9. The van der Waals surface area contributed by atoms with Crippen molar-refractivity contribution >= 4 is 155 Å². The van der Waals surface area contributed by atoms with E-state index in [1.54, 1.807) is 6.92 Å². The molecular formula is C62H95N21O21S4. The number of hydrogen-bond acceptors (Lipinski definition) is 26. The topological polar surface area (TPSA) is 660 Å². The van der Waals surface area contributed by atoms with E-state index < -0.39 is 270 Å². The van der Waals surface area contributed by atoms with Crippen LogP contribution in [0.4, 0.5) is 0 Å². The van der Waals surface area contributed by atoms with Gasteiger partial charge in [0.15, 0.2) is 0 Å². The van der Waals surface area contributed by atoms with Gasteiger partial charge in [0.25, 0.3) is 0 Å². The van der Waals surface area contributed by atoms with Gasteiger partial charge >= 0.3 is 5.97 Å². The Bertz CT molecular complexity index is 3510. The molecule has 4 aliphatic heterocycles. The number of fused-ring (bicyclic) bond motifs is 10. The van der Waals surface area contributed by atoms with Gasteiger partial charge in [-0.15, -0.1) is 0 Å². The maximum atomic E-state index is 14.6. The molecule has 108 heavy (non-hydrogen) atoms. The highest BCUT2D eigenvalue weighted by atomic mass is 33.1. The van der Waals surface area contributed by atoms with Crippen LogP contribution in [0.25, 0.3) is 0 Å². The predicted octanol–water partition coefficient (Wildman–Crippen LogP) is -9.57. The Morgan fingerprint density at radius 2 is 0.991 bits per heavy atom. The molecule has 4 saturated heterocycles. The Morgan fingerprint density at radius 1 is 0.537 bits per heavy atom. The van der Waals surface area contributed by atoms with Crippen molar-refractivity contribution < 1.29 is 101 Å². The van der Waals surface area contributed by atoms with Crippen molar-refractivity contribution in [3.05, 3.63) is 18.2 Å². The van der Waals surface area contributed by atoms with Crippen molar-refractivity contribution in [1.82, 2.24) is 88.9 Å². The van der Waals surface area contributed by atoms with E-state index in [9.17, 15) is 101 Å². The molecule has 598 valence electrons. The molecule has 16 atom stereocenters. The van der Waals surface area contributed by atoms with Crippen LogP contribution >= 0.6 is 43.2 Å². The molecule has 0 radical (unpaired) electrons. The normalized spacial score (nSPS) is 28.8. The van der Waals surface area contributed by atoms with Crippen molar-refractivity contribution in [2.24, 2.45) is 34.8 Å². The molecule has 0 unspecified atom stereocenters. The highest BCUT2D eigenvalue weighted by molar-refractivity contribution is 8.77. The van der Waals surface area contributed by atoms with E-state index in [0.29, 0.717) is 5.69 Å². The summed E-state index contributed by atoms with van der Waals surface area (Å²) in [6.07, 6.45) is -0.200. The average Bonchev–Trinajstić information content (AvgIpc) is 1.62. The molecule has 2 bridgehead atoms. The number of aromatic nitrogens is 2. The number of rotatable bonds is 15. The van der Waals surface area contributed by atoms with Crippen molar-refractivity contribution in [2.75, 3.05) is 49.3 Å². The van der Waals surface area contributed by atoms with Crippen molar-refractivity contribution in [3.63, 3.8) is 0 Å². The first-order chi connectivity index (χ1) is 51.0. The average molecular weight is 1600 g/mol. The summed E-state index contributed by atoms with van der Waals surface area (Å²) in [7, 11) is 3.24. The van der Waals surface area contributed by atoms with Crippen molar-refractivity contribution in [2.45, 2.75) is 190 Å². The zero-order chi connectivity index (χ0) is 80.4. The number of aromatic amines is 1. The zero-order valence-electron chi connectivity index (χ0n) is 59.9. The molecule has 5 rings (SSSR count). The molecule has 46 heteroatoms. The van der Waals surface area contributed by atoms with Crippen molar-refractivity contribution in [3.8, 4) is 0 Å². The standard InChI is InChI=1S/C62H95N21O21S4/c1-7-27(4)47-60(102)77-36(48(66)90)21-105-107-23-38-54(96)69-28(5)49(91)74-33(14-30-19-67-25-68-30)61(103)82-12-8-10-40(82)57(99)70-29(6)50(92)78-39(24-108-106-22-37(55(97)79-38)71-44(87)18-63)56(98)76-35(20-84)53(95)80-46(26(2)3)59(101)73-31(15-42(64)85)51(93)75-34(16-43(65)86)62(104)83-13-9-11-41(83)58(100)72-32(17-45(88)89)52(94)81-47/h19,25-29,31-41,46-47,84H,7-18,20-24,63H2,1-6H3,(H2,64,85)(H2,65,86)(H2,66,90)(H,67,68)(H,69,96)(H,70,99)(H,71,87)(H,72,100)(H,73,101)(H,74,91)(H,75,93)(H,76,98)(H,77,102)(H,78,92)(H,79,97)(H,80,95)(H,81,94)(H,88,89)/t27-,28-,29-,31-,32-,33-,34-,35-,36-,37-,38-,39-,40-,41-,46-,47-/m0/s1. The number of carboxylic acids is 1. The number of nitrogens with one attached hydrogen (secondary N) is 14. The van der Waals surface area contributed by atoms with Gasteiger partial charge in [-0.1, -0.05) is 77.3 Å². The van der Waals surface area contributed by atoms with Gasteiger partial charge in [0, 0.05) is 54.4 Å². The Hall–Kier alpha value is -9.54. The fraction of sp³-hybridized carbons (Fsp3) is 0.645. The molecule has 24 N–H and O–H groups in total. The molecule has 5 heterocycles. The van der Waals surface area contributed by atoms with Crippen LogP contribution in [-0.2, 0) is 97.5 Å². The maximum absolute atomic E-state index is 14.6. The van der Waals surface area contributed by atoms with Gasteiger partial charge in [-0.05, 0) is 51.4 Å². The highest BCUT2D eigenvalue weighted by Crippen LogP contribution is 2.27. The van der Waals surface area contributed by atoms with E-state index in [1.807, 2.05) is 0 Å². The van der Waals surface area contributed by atoms with E-state index in [2.05, 4.69) is 79.1 Å². The van der Waals surface area contributed by atoms with E-state index >= 15 is 0 Å². The number of primary amides is 3. The van der Waals surface area contributed by atoms with Gasteiger partial charge in [0.1, 0.15) is 90.6 Å². The summed E-state index contributed by atoms with van der Waals surface area (Å²) in [5.74, 6) is -24.7. The van der Waals surface area contributed by atoms with E-state index in [1.165, 1.54) is 52.0 Å². The van der Waals surface area contributed by atoms with Crippen LogP contribution in [0.15, 0.2) is 12.5 Å². The van der Waals surface area contributed by atoms with Crippen molar-refractivity contribution in [1.29, 1.82) is 0 Å². The Kier molecular flexibility index (Phi) is 35.4. The molecule has 4 aliphatic rings. The number of nitrogens with zero attached hydrogens (tertiary/aromatic N) is 3. The minimum absolute atomic E-state index is 0.0142. The number of aliphatic carboxylic acids is 1. The number of amides is 18. The van der Waals surface area contributed by atoms with Crippen LogP contribution in [-0.4, -0.2) is 282 Å². The maximum Gasteiger partial charge on any atom is 0.305 e. The van der Waals surface area contributed by atoms with Crippen LogP contribution in [0.5, 0.6) is 0 Å². The Morgan fingerprint density at radius 3 is 1.53 bits per heavy atom. The number of nitrogens with two attached hydrogens (primary N) is 4. The first kappa shape index (κ1) is 89.1. The van der Waals surface area contributed by atoms with E-state index in [0.717, 1.165) is 48.1 Å². The van der Waals surface area contributed by atoms with Crippen LogP contribution in [0.3, 0.4) is 0 Å². The lowest BCUT2D eigenvalue weighted by atomic mass is 9.97. The van der Waals surface area contributed by atoms with E-state index in [4.69, 9.17) is 22.9 Å². The van der Waals surface area contributed by atoms with Gasteiger partial charge < -0.3 is 117 Å². The Balaban J connectivity index is 1.63. The van der Waals surface area contributed by atoms with Crippen LogP contribution in [0, 0.1) is 11.8 Å². The number of H-pyrrole nitrogens is 1. The number of aliphatic hydroxyl groups excluding tert-OH is 1. The molecule has 18 amide bonds. The second-order valence-electron chi connectivity index (χ2n) is 26.2. The number of carbonyl (C=O) groups excluding carboxylic acids is 18. The van der Waals surface area contributed by atoms with Gasteiger partial charge in [-0.2, -0.15) is 0 Å². The van der Waals surface area contributed by atoms with Crippen LogP contribution in [0.2, 0.25) is 0 Å². The fourth-order valence-electron chi connectivity index (χ4n) is 11.4. The minimum Gasteiger partial charge on any atom is -0.481 e. The minimum atomic E-state index is -2.01. The summed E-state index contributed by atoms with van der Waals surface area (Å²) in [6, 6.07) is -25.0. The van der Waals surface area contributed by atoms with E-state index in [-0.39, 0.29) is 51.6 Å². The van der Waals surface area contributed by atoms with Crippen LogP contribution < -0.4 is 92.1 Å². The second-order valence-corrected chi connectivity index (χ2v) is 31.3. The molecule has 0 spiro atoms. The lowest BCUT2D eigenvalue weighted by Gasteiger charge is -2.31. The zero-order valence-corrected chi connectivity index (χ0v) is 63.2. The number of hydrogen-bond donors (Lipinski definition) is 20. The first-order valence-electron chi connectivity index (χ1n) is 34.4. The monoisotopic (exact) mass is 1600 g/mol. The third-order valence-corrected chi connectivity index (χ3v) is 22.4. The van der Waals surface area contributed by atoms with Gasteiger partial charge in [0.05, 0.1) is 38.7 Å². The first-order valence-corrected chi connectivity index (χ1v) is 39.4. The molecule has 42 nitrogen and oxygen atoms in total. The number of aliphatic hydroxyl groups is 1. The molecule has 1 aromatic rings. The Labute approximate surface area is 634 Å². The lowest BCUT2D eigenvalue weighted by molar-refractivity contribution is -0.145. The number of imidazole rings is 1. The predicted molar refractivity (Wildman–Crippen MR) is 388 cm³/mol. The van der Waals surface area contributed by atoms with Gasteiger partial charge in [-0.3, -0.25) is 91.1 Å². The summed E-state index contributed by atoms with van der Waals surface area (Å²) < 4.78 is 0. The molecular weight excluding hydrogens is 1500 g/mol. The molecule has 0 saturated carbocycles. The van der Waals surface area contributed by atoms with Gasteiger partial charge in [0.2, 0.25) is 106 Å². The molecule has 0 aromatic carbocycles. The summed E-state index contributed by atoms with van der Waals surface area (Å²) in [5.41, 5.74) is 22.8. The van der Waals surface area contributed by atoms with Crippen LogP contribution in [0.1, 0.15) is 98.6 Å². The third-order valence-electron chi connectivity index (χ3n) is 17.6. The quantitative estimate of drug-likeness (QED) is 0.0725. The number of carbonyl (C=O) groups is 19. The summed E-state index contributed by atoms with van der Waals surface area (Å²) >= 11 is 0.